The molecule has 9 rings (SSSR count). The third-order valence-electron chi connectivity index (χ3n) is 11.9. The van der Waals surface area contributed by atoms with Crippen LogP contribution in [0.4, 0.5) is 5.69 Å². The second-order valence-corrected chi connectivity index (χ2v) is 14.5. The first kappa shape index (κ1) is 33.0. The number of nitrogens with zero attached hydrogens (tertiary/aromatic N) is 1. The average molecular weight is 704 g/mol. The second-order valence-electron chi connectivity index (χ2n) is 14.5. The number of phenols is 1. The quantitative estimate of drug-likeness (QED) is 0.157. The number of fused-ring (bicyclic) bond motifs is 5. The molecule has 6 atom stereocenters. The number of imide groups is 1. The Balaban J connectivity index is 1.24. The highest BCUT2D eigenvalue weighted by Gasteiger charge is 2.66. The minimum atomic E-state index is -1.79. The Kier molecular flexibility index (Phi) is 7.72. The Hall–Kier alpha value is -5.84. The van der Waals surface area contributed by atoms with E-state index in [0.29, 0.717) is 28.9 Å². The van der Waals surface area contributed by atoms with E-state index in [2.05, 4.69) is 0 Å². The van der Waals surface area contributed by atoms with Gasteiger partial charge in [0.25, 0.3) is 0 Å². The van der Waals surface area contributed by atoms with Crippen LogP contribution in [0.1, 0.15) is 29.5 Å². The van der Waals surface area contributed by atoms with Crippen LogP contribution in [-0.4, -0.2) is 45.7 Å². The van der Waals surface area contributed by atoms with E-state index in [1.807, 2.05) is 66.7 Å². The van der Waals surface area contributed by atoms with Crippen molar-refractivity contribution in [2.45, 2.75) is 24.7 Å². The first-order valence-electron chi connectivity index (χ1n) is 17.8. The average Bonchev–Trinajstić information content (AvgIpc) is 3.44. The van der Waals surface area contributed by atoms with Crippen LogP contribution in [-0.2, 0) is 31.0 Å². The number of anilines is 1. The summed E-state index contributed by atoms with van der Waals surface area (Å²) in [5.74, 6) is -4.35. The lowest BCUT2D eigenvalue weighted by atomic mass is 9.44. The molecule has 2 fully saturated rings. The van der Waals surface area contributed by atoms with Crippen molar-refractivity contribution in [2.75, 3.05) is 4.90 Å². The van der Waals surface area contributed by atoms with Crippen LogP contribution >= 0.6 is 0 Å². The molecule has 1 saturated carbocycles. The van der Waals surface area contributed by atoms with Crippen molar-refractivity contribution in [3.63, 3.8) is 0 Å². The fourth-order valence-corrected chi connectivity index (χ4v) is 9.77. The SMILES string of the molecule is O=C1C(c2ccccc2)=CC(=O)C2(c3ccccc3)C1CC1C(=CCC3C(=O)N(c4cccc(B(O)O)c4)C(=O)C31)C2C1=COc2ccc(O)cc2C1. The van der Waals surface area contributed by atoms with Crippen LogP contribution in [0, 0.1) is 29.6 Å². The van der Waals surface area contributed by atoms with Gasteiger partial charge in [-0.05, 0) is 77.3 Å². The van der Waals surface area contributed by atoms with Gasteiger partial charge in [0.1, 0.15) is 11.5 Å². The fraction of sp³-hybridized carbons (Fsp3) is 0.209. The highest BCUT2D eigenvalue weighted by Crippen LogP contribution is 2.63. The summed E-state index contributed by atoms with van der Waals surface area (Å²) in [6.07, 6.45) is 5.84. The molecule has 0 radical (unpaired) electrons. The number of aromatic hydroxyl groups is 1. The molecular formula is C43H34BNO8. The zero-order chi connectivity index (χ0) is 36.6. The molecule has 4 aromatic rings. The number of rotatable bonds is 5. The van der Waals surface area contributed by atoms with E-state index in [9.17, 15) is 24.7 Å². The number of benzene rings is 4. The van der Waals surface area contributed by atoms with E-state index in [4.69, 9.17) is 4.74 Å². The van der Waals surface area contributed by atoms with E-state index in [-0.39, 0.29) is 41.3 Å². The van der Waals surface area contributed by atoms with Crippen LogP contribution in [0.25, 0.3) is 5.57 Å². The van der Waals surface area contributed by atoms with Gasteiger partial charge in [-0.1, -0.05) is 84.4 Å². The summed E-state index contributed by atoms with van der Waals surface area (Å²) in [5.41, 5.74) is 2.85. The van der Waals surface area contributed by atoms with Gasteiger partial charge in [0, 0.05) is 29.4 Å². The third-order valence-corrected chi connectivity index (χ3v) is 11.9. The van der Waals surface area contributed by atoms with E-state index >= 15 is 9.59 Å². The number of carbonyl (C=O) groups is 4. The minimum absolute atomic E-state index is 0.0674. The molecule has 2 amide bonds. The third kappa shape index (κ3) is 4.93. The number of hydrogen-bond acceptors (Lipinski definition) is 8. The van der Waals surface area contributed by atoms with Crippen molar-refractivity contribution in [2.24, 2.45) is 29.6 Å². The summed E-state index contributed by atoms with van der Waals surface area (Å²) in [6, 6.07) is 29.4. The first-order chi connectivity index (χ1) is 25.7. The number of Topliss-reactive ketones (excluding diaryl/α,β-unsaturated/α-hetero) is 1. The normalized spacial score (nSPS) is 27.4. The molecular weight excluding hydrogens is 669 g/mol. The van der Waals surface area contributed by atoms with Crippen molar-refractivity contribution < 1.29 is 39.1 Å². The maximum Gasteiger partial charge on any atom is 0.488 e. The molecule has 3 N–H and O–H groups in total. The second kappa shape index (κ2) is 12.4. The largest absolute Gasteiger partial charge is 0.508 e. The molecule has 9 nitrogen and oxygen atoms in total. The predicted octanol–water partition coefficient (Wildman–Crippen LogP) is 4.45. The Bertz CT molecular complexity index is 2310. The number of ketones is 2. The molecule has 53 heavy (non-hydrogen) atoms. The topological polar surface area (TPSA) is 141 Å². The number of allylic oxidation sites excluding steroid dienone is 5. The van der Waals surface area contributed by atoms with Gasteiger partial charge in [-0.2, -0.15) is 0 Å². The molecule has 6 unspecified atom stereocenters. The molecule has 5 aliphatic rings. The highest BCUT2D eigenvalue weighted by molar-refractivity contribution is 6.58. The van der Waals surface area contributed by atoms with Gasteiger partial charge in [0.15, 0.2) is 11.6 Å². The monoisotopic (exact) mass is 703 g/mol. The Labute approximate surface area is 305 Å². The summed E-state index contributed by atoms with van der Waals surface area (Å²) in [7, 11) is -1.79. The van der Waals surface area contributed by atoms with Crippen LogP contribution in [0.5, 0.6) is 11.5 Å². The molecule has 2 aliphatic heterocycles. The lowest BCUT2D eigenvalue weighted by Crippen LogP contribution is -2.60. The maximum atomic E-state index is 15.2. The van der Waals surface area contributed by atoms with Crippen molar-refractivity contribution >= 4 is 47.2 Å². The summed E-state index contributed by atoms with van der Waals surface area (Å²) >= 11 is 0. The summed E-state index contributed by atoms with van der Waals surface area (Å²) in [6.45, 7) is 0. The van der Waals surface area contributed by atoms with E-state index in [1.54, 1.807) is 36.6 Å². The van der Waals surface area contributed by atoms with Crippen LogP contribution in [0.3, 0.4) is 0 Å². The first-order valence-corrected chi connectivity index (χ1v) is 17.8. The number of carbonyl (C=O) groups excluding carboxylic acids is 4. The smallest absolute Gasteiger partial charge is 0.488 e. The number of phenolic OH excluding ortho intramolecular Hbond substituents is 1. The van der Waals surface area contributed by atoms with Crippen LogP contribution in [0.15, 0.2) is 133 Å². The molecule has 2 heterocycles. The zero-order valence-corrected chi connectivity index (χ0v) is 28.5. The van der Waals surface area contributed by atoms with Gasteiger partial charge >= 0.3 is 7.12 Å². The molecule has 4 aromatic carbocycles. The highest BCUT2D eigenvalue weighted by atomic mass is 16.5. The standard InChI is InChI=1S/C43H34BNO8/c46-30-14-17-36-25(19-30)18-26(23-53-36)39-31-15-16-32-38(42(50)45(41(32)49)29-13-7-12-28(20-29)44(51)52)34(31)21-35-40(48)33(24-8-3-1-4-9-24)22-37(47)43(35,39)27-10-5-2-6-11-27/h1-15,17,19-20,22-23,32,34-35,38-39,46,51-52H,16,18,21H2. The predicted molar refractivity (Wildman–Crippen MR) is 197 cm³/mol. The molecule has 10 heteroatoms. The van der Waals surface area contributed by atoms with Crippen molar-refractivity contribution in [1.29, 1.82) is 0 Å². The van der Waals surface area contributed by atoms with Crippen LogP contribution < -0.4 is 15.1 Å². The molecule has 0 spiro atoms. The lowest BCUT2D eigenvalue weighted by molar-refractivity contribution is -0.136. The van der Waals surface area contributed by atoms with E-state index in [1.165, 1.54) is 18.2 Å². The van der Waals surface area contributed by atoms with Gasteiger partial charge < -0.3 is 19.9 Å². The molecule has 0 bridgehead atoms. The van der Waals surface area contributed by atoms with Gasteiger partial charge in [-0.15, -0.1) is 0 Å². The summed E-state index contributed by atoms with van der Waals surface area (Å²) in [4.78, 5) is 60.3. The summed E-state index contributed by atoms with van der Waals surface area (Å²) < 4.78 is 6.19. The molecule has 3 aliphatic carbocycles. The maximum absolute atomic E-state index is 15.2. The number of ether oxygens (including phenoxy) is 1. The van der Waals surface area contributed by atoms with Gasteiger partial charge in [0.05, 0.1) is 29.2 Å². The molecule has 1 saturated heterocycles. The summed E-state index contributed by atoms with van der Waals surface area (Å²) in [5, 5.41) is 30.1. The minimum Gasteiger partial charge on any atom is -0.508 e. The van der Waals surface area contributed by atoms with E-state index < -0.39 is 53.9 Å². The van der Waals surface area contributed by atoms with Crippen LogP contribution in [0.2, 0.25) is 0 Å². The van der Waals surface area contributed by atoms with Crippen molar-refractivity contribution in [3.05, 3.63) is 149 Å². The lowest BCUT2D eigenvalue weighted by Gasteiger charge is -2.56. The van der Waals surface area contributed by atoms with E-state index in [0.717, 1.165) is 21.6 Å². The number of amides is 2. The Morgan fingerprint density at radius 2 is 1.57 bits per heavy atom. The number of hydrogen-bond donors (Lipinski definition) is 3. The zero-order valence-electron chi connectivity index (χ0n) is 28.5. The molecule has 262 valence electrons. The van der Waals surface area contributed by atoms with Gasteiger partial charge in [0.2, 0.25) is 11.8 Å². The Morgan fingerprint density at radius 3 is 2.32 bits per heavy atom. The fourth-order valence-electron chi connectivity index (χ4n) is 9.77. The van der Waals surface area contributed by atoms with Crippen molar-refractivity contribution in [1.82, 2.24) is 0 Å². The molecule has 0 aromatic heterocycles. The van der Waals surface area contributed by atoms with Crippen molar-refractivity contribution in [3.8, 4) is 11.5 Å². The van der Waals surface area contributed by atoms with Gasteiger partial charge in [-0.25, -0.2) is 0 Å². The Morgan fingerprint density at radius 1 is 0.811 bits per heavy atom. The van der Waals surface area contributed by atoms with Gasteiger partial charge in [-0.3, -0.25) is 24.1 Å².